The van der Waals surface area contributed by atoms with Crippen LogP contribution in [0.2, 0.25) is 0 Å². The summed E-state index contributed by atoms with van der Waals surface area (Å²) in [6.45, 7) is 6.51. The number of alkyl halides is 3. The van der Waals surface area contributed by atoms with E-state index in [2.05, 4.69) is 14.7 Å². The predicted molar refractivity (Wildman–Crippen MR) is 69.3 cm³/mol. The van der Waals surface area contributed by atoms with E-state index in [0.29, 0.717) is 26.2 Å². The van der Waals surface area contributed by atoms with Gasteiger partial charge in [-0.3, -0.25) is 0 Å². The first kappa shape index (κ1) is 16.4. The second-order valence-electron chi connectivity index (χ2n) is 5.85. The fraction of sp³-hybridized carbons (Fsp3) is 0.750. The van der Waals surface area contributed by atoms with E-state index in [4.69, 9.17) is 4.74 Å². The Hall–Kier alpha value is -2.00. The lowest BCUT2D eigenvalue weighted by Crippen LogP contribution is -2.50. The summed E-state index contributed by atoms with van der Waals surface area (Å²) in [6.07, 6.45) is -5.11. The van der Waals surface area contributed by atoms with Crippen LogP contribution in [0.15, 0.2) is 4.52 Å². The zero-order valence-electron chi connectivity index (χ0n) is 12.5. The van der Waals surface area contributed by atoms with E-state index >= 15 is 0 Å². The van der Waals surface area contributed by atoms with Crippen LogP contribution in [0.3, 0.4) is 0 Å². The van der Waals surface area contributed by atoms with Crippen molar-refractivity contribution in [3.8, 4) is 0 Å². The summed E-state index contributed by atoms with van der Waals surface area (Å²) in [5, 5.41) is 3.32. The number of carbonyl (C=O) groups is 1. The van der Waals surface area contributed by atoms with Crippen molar-refractivity contribution >= 4 is 12.0 Å². The third-order valence-corrected chi connectivity index (χ3v) is 2.87. The van der Waals surface area contributed by atoms with Crippen LogP contribution in [-0.2, 0) is 10.9 Å². The van der Waals surface area contributed by atoms with Crippen LogP contribution >= 0.6 is 0 Å². The van der Waals surface area contributed by atoms with Gasteiger partial charge in [0.05, 0.1) is 0 Å². The maximum absolute atomic E-state index is 12.4. The van der Waals surface area contributed by atoms with E-state index in [-0.39, 0.29) is 5.95 Å². The van der Waals surface area contributed by atoms with Crippen molar-refractivity contribution in [3.63, 3.8) is 0 Å². The highest BCUT2D eigenvalue weighted by atomic mass is 19.4. The summed E-state index contributed by atoms with van der Waals surface area (Å²) in [7, 11) is 0. The van der Waals surface area contributed by atoms with Gasteiger partial charge in [-0.05, 0) is 25.9 Å². The van der Waals surface area contributed by atoms with E-state index in [1.54, 1.807) is 20.8 Å². The zero-order chi connectivity index (χ0) is 16.5. The molecule has 1 amide bonds. The molecule has 0 saturated carbocycles. The molecule has 2 heterocycles. The van der Waals surface area contributed by atoms with Crippen molar-refractivity contribution in [2.75, 3.05) is 31.1 Å². The molecule has 124 valence electrons. The largest absolute Gasteiger partial charge is 0.471 e. The van der Waals surface area contributed by atoms with Gasteiger partial charge in [0.15, 0.2) is 0 Å². The van der Waals surface area contributed by atoms with E-state index in [1.807, 2.05) is 0 Å². The molecular weight excluding hydrogens is 305 g/mol. The van der Waals surface area contributed by atoms with Crippen molar-refractivity contribution in [1.82, 2.24) is 15.0 Å². The zero-order valence-corrected chi connectivity index (χ0v) is 12.5. The number of aromatic nitrogens is 2. The smallest absolute Gasteiger partial charge is 0.444 e. The van der Waals surface area contributed by atoms with Gasteiger partial charge in [-0.1, -0.05) is 0 Å². The SMILES string of the molecule is CC(C)(C)OC(=O)N1CCN(c2noc(C(F)(F)F)n2)CC1. The van der Waals surface area contributed by atoms with Gasteiger partial charge in [-0.25, -0.2) is 4.79 Å². The monoisotopic (exact) mass is 322 g/mol. The second kappa shape index (κ2) is 5.65. The van der Waals surface area contributed by atoms with Crippen molar-refractivity contribution < 1.29 is 27.2 Å². The Bertz CT molecular complexity index is 530. The molecule has 7 nitrogen and oxygen atoms in total. The molecule has 0 spiro atoms. The average molecular weight is 322 g/mol. The fourth-order valence-corrected chi connectivity index (χ4v) is 1.87. The van der Waals surface area contributed by atoms with Crippen molar-refractivity contribution in [3.05, 3.63) is 5.89 Å². The lowest BCUT2D eigenvalue weighted by Gasteiger charge is -2.34. The Morgan fingerprint density at radius 3 is 2.23 bits per heavy atom. The Balaban J connectivity index is 1.92. The molecule has 0 radical (unpaired) electrons. The van der Waals surface area contributed by atoms with E-state index in [1.165, 1.54) is 9.80 Å². The lowest BCUT2D eigenvalue weighted by atomic mass is 10.2. The first-order valence-corrected chi connectivity index (χ1v) is 6.70. The number of piperazine rings is 1. The molecule has 10 heteroatoms. The molecule has 0 aliphatic carbocycles. The number of halogens is 3. The number of nitrogens with zero attached hydrogens (tertiary/aromatic N) is 4. The number of ether oxygens (including phenoxy) is 1. The van der Waals surface area contributed by atoms with Gasteiger partial charge in [0, 0.05) is 26.2 Å². The van der Waals surface area contributed by atoms with E-state index in [9.17, 15) is 18.0 Å². The molecule has 1 fully saturated rings. The second-order valence-corrected chi connectivity index (χ2v) is 5.85. The Labute approximate surface area is 125 Å². The molecule has 0 atom stereocenters. The number of anilines is 1. The van der Waals surface area contributed by atoms with Crippen molar-refractivity contribution in [2.24, 2.45) is 0 Å². The average Bonchev–Trinajstić information content (AvgIpc) is 2.86. The van der Waals surface area contributed by atoms with Crippen LogP contribution in [0, 0.1) is 0 Å². The van der Waals surface area contributed by atoms with Gasteiger partial charge < -0.3 is 19.1 Å². The molecule has 2 rings (SSSR count). The minimum Gasteiger partial charge on any atom is -0.444 e. The Kier molecular flexibility index (Phi) is 4.21. The Morgan fingerprint density at radius 1 is 1.18 bits per heavy atom. The Morgan fingerprint density at radius 2 is 1.77 bits per heavy atom. The number of carbonyl (C=O) groups excluding carboxylic acids is 1. The van der Waals surface area contributed by atoms with Crippen molar-refractivity contribution in [2.45, 2.75) is 32.5 Å². The maximum atomic E-state index is 12.4. The molecule has 0 unspecified atom stereocenters. The van der Waals surface area contributed by atoms with Gasteiger partial charge in [0.1, 0.15) is 5.60 Å². The third kappa shape index (κ3) is 4.01. The molecule has 1 aliphatic rings. The molecule has 22 heavy (non-hydrogen) atoms. The van der Waals surface area contributed by atoms with E-state index in [0.717, 1.165) is 0 Å². The molecule has 0 bridgehead atoms. The molecule has 1 saturated heterocycles. The molecule has 0 aromatic carbocycles. The fourth-order valence-electron chi connectivity index (χ4n) is 1.87. The standard InChI is InChI=1S/C12H17F3N4O3/c1-11(2,3)21-10(20)19-6-4-18(5-7-19)9-16-8(22-17-9)12(13,14)15/h4-7H2,1-3H3. The molecule has 1 aromatic rings. The summed E-state index contributed by atoms with van der Waals surface area (Å²) in [5.41, 5.74) is -0.594. The van der Waals surface area contributed by atoms with Crippen LogP contribution in [-0.4, -0.2) is 52.9 Å². The highest BCUT2D eigenvalue weighted by molar-refractivity contribution is 5.68. The highest BCUT2D eigenvalue weighted by Crippen LogP contribution is 2.29. The lowest BCUT2D eigenvalue weighted by molar-refractivity contribution is -0.159. The molecule has 0 N–H and O–H groups in total. The van der Waals surface area contributed by atoms with Crippen molar-refractivity contribution in [1.29, 1.82) is 0 Å². The third-order valence-electron chi connectivity index (χ3n) is 2.87. The summed E-state index contributed by atoms with van der Waals surface area (Å²) in [6, 6.07) is 0. The highest BCUT2D eigenvalue weighted by Gasteiger charge is 2.39. The summed E-state index contributed by atoms with van der Waals surface area (Å²) >= 11 is 0. The van der Waals surface area contributed by atoms with Crippen LogP contribution < -0.4 is 4.90 Å². The summed E-state index contributed by atoms with van der Waals surface area (Å²) in [4.78, 5) is 18.2. The molecular formula is C12H17F3N4O3. The normalized spacial score (nSPS) is 16.8. The number of rotatable bonds is 1. The van der Waals surface area contributed by atoms with Crippen LogP contribution in [0.4, 0.5) is 23.9 Å². The topological polar surface area (TPSA) is 71.7 Å². The summed E-state index contributed by atoms with van der Waals surface area (Å²) in [5.74, 6) is -1.51. The number of amides is 1. The van der Waals surface area contributed by atoms with E-state index < -0.39 is 23.8 Å². The minimum atomic E-state index is -4.66. The van der Waals surface area contributed by atoms with Gasteiger partial charge in [0.25, 0.3) is 5.95 Å². The van der Waals surface area contributed by atoms with Gasteiger partial charge in [-0.2, -0.15) is 18.2 Å². The van der Waals surface area contributed by atoms with Gasteiger partial charge in [0.2, 0.25) is 0 Å². The first-order valence-electron chi connectivity index (χ1n) is 6.70. The predicted octanol–water partition coefficient (Wildman–Crippen LogP) is 2.15. The van der Waals surface area contributed by atoms with Crippen LogP contribution in [0.25, 0.3) is 0 Å². The van der Waals surface area contributed by atoms with Gasteiger partial charge in [-0.15, -0.1) is 0 Å². The van der Waals surface area contributed by atoms with Crippen LogP contribution in [0.1, 0.15) is 26.7 Å². The quantitative estimate of drug-likeness (QED) is 0.789. The molecule has 1 aromatic heterocycles. The van der Waals surface area contributed by atoms with Crippen LogP contribution in [0.5, 0.6) is 0 Å². The maximum Gasteiger partial charge on any atom is 0.471 e. The number of hydrogen-bond donors (Lipinski definition) is 0. The first-order chi connectivity index (χ1) is 10.1. The summed E-state index contributed by atoms with van der Waals surface area (Å²) < 4.78 is 46.7. The number of hydrogen-bond acceptors (Lipinski definition) is 6. The molecule has 1 aliphatic heterocycles. The minimum absolute atomic E-state index is 0.129. The van der Waals surface area contributed by atoms with Gasteiger partial charge >= 0.3 is 18.2 Å².